The van der Waals surface area contributed by atoms with Crippen molar-refractivity contribution in [1.29, 1.82) is 0 Å². The molecule has 4 nitrogen and oxygen atoms in total. The molecule has 0 amide bonds. The number of imidazole rings is 1. The van der Waals surface area contributed by atoms with Crippen LogP contribution in [0.25, 0.3) is 0 Å². The van der Waals surface area contributed by atoms with Crippen molar-refractivity contribution in [1.82, 2.24) is 14.5 Å². The van der Waals surface area contributed by atoms with Crippen molar-refractivity contribution in [3.63, 3.8) is 0 Å². The third-order valence-corrected chi connectivity index (χ3v) is 4.42. The summed E-state index contributed by atoms with van der Waals surface area (Å²) < 4.78 is 8.16. The van der Waals surface area contributed by atoms with Crippen LogP contribution >= 0.6 is 0 Å². The lowest BCUT2D eigenvalue weighted by molar-refractivity contribution is -0.0606. The fraction of sp³-hybridized carbons (Fsp3) is 0.556. The van der Waals surface area contributed by atoms with Crippen LogP contribution in [0.15, 0.2) is 36.9 Å². The van der Waals surface area contributed by atoms with Gasteiger partial charge >= 0.3 is 0 Å². The molecule has 1 atom stereocenters. The quantitative estimate of drug-likeness (QED) is 0.847. The lowest BCUT2D eigenvalue weighted by Crippen LogP contribution is -2.34. The van der Waals surface area contributed by atoms with Gasteiger partial charge in [0.15, 0.2) is 0 Å². The second kappa shape index (κ2) is 6.61. The number of aryl methyl sites for hydroxylation is 2. The minimum atomic E-state index is -0.0310. The average Bonchev–Trinajstić information content (AvgIpc) is 2.96. The van der Waals surface area contributed by atoms with E-state index in [9.17, 15) is 0 Å². The van der Waals surface area contributed by atoms with Gasteiger partial charge in [0.25, 0.3) is 0 Å². The summed E-state index contributed by atoms with van der Waals surface area (Å²) in [7, 11) is 0. The molecule has 2 aromatic rings. The van der Waals surface area contributed by atoms with E-state index in [1.54, 1.807) is 0 Å². The van der Waals surface area contributed by atoms with Crippen molar-refractivity contribution >= 4 is 0 Å². The van der Waals surface area contributed by atoms with Crippen LogP contribution in [-0.2, 0) is 17.7 Å². The van der Waals surface area contributed by atoms with E-state index in [4.69, 9.17) is 4.74 Å². The summed E-state index contributed by atoms with van der Waals surface area (Å²) >= 11 is 0. The fourth-order valence-electron chi connectivity index (χ4n) is 3.32. The van der Waals surface area contributed by atoms with Crippen LogP contribution in [0.4, 0.5) is 0 Å². The molecular weight excluding hydrogens is 274 g/mol. The van der Waals surface area contributed by atoms with Crippen molar-refractivity contribution in [3.05, 3.63) is 48.3 Å². The normalized spacial score (nSPS) is 20.9. The first-order valence-electron chi connectivity index (χ1n) is 8.18. The van der Waals surface area contributed by atoms with Crippen LogP contribution in [-0.4, -0.2) is 26.7 Å². The van der Waals surface area contributed by atoms with E-state index < -0.39 is 0 Å². The summed E-state index contributed by atoms with van der Waals surface area (Å²) in [5, 5.41) is 0. The van der Waals surface area contributed by atoms with E-state index in [0.717, 1.165) is 38.8 Å². The molecular formula is C18H25N3O. The Morgan fingerprint density at radius 2 is 2.09 bits per heavy atom. The highest BCUT2D eigenvalue weighted by atomic mass is 16.5. The number of rotatable bonds is 5. The van der Waals surface area contributed by atoms with Gasteiger partial charge in [-0.25, -0.2) is 4.98 Å². The summed E-state index contributed by atoms with van der Waals surface area (Å²) in [6.07, 6.45) is 12.1. The number of hydrogen-bond acceptors (Lipinski definition) is 3. The summed E-state index contributed by atoms with van der Waals surface area (Å²) in [5.74, 6) is 1.74. The molecule has 0 N–H and O–H groups in total. The average molecular weight is 299 g/mol. The minimum absolute atomic E-state index is 0.0310. The van der Waals surface area contributed by atoms with Crippen LogP contribution in [0, 0.1) is 0 Å². The molecule has 2 aromatic heterocycles. The van der Waals surface area contributed by atoms with Crippen molar-refractivity contribution in [2.24, 2.45) is 0 Å². The monoisotopic (exact) mass is 299 g/mol. The summed E-state index contributed by atoms with van der Waals surface area (Å²) in [4.78, 5) is 8.69. The van der Waals surface area contributed by atoms with Crippen LogP contribution in [0.2, 0.25) is 0 Å². The first kappa shape index (κ1) is 15.2. The number of hydrogen-bond donors (Lipinski definition) is 0. The highest BCUT2D eigenvalue weighted by molar-refractivity contribution is 5.10. The molecule has 0 saturated carbocycles. The van der Waals surface area contributed by atoms with Gasteiger partial charge in [-0.05, 0) is 57.2 Å². The maximum absolute atomic E-state index is 5.83. The summed E-state index contributed by atoms with van der Waals surface area (Å²) in [6, 6.07) is 4.19. The highest BCUT2D eigenvalue weighted by Gasteiger charge is 2.31. The van der Waals surface area contributed by atoms with Crippen LogP contribution in [0.5, 0.6) is 0 Å². The maximum Gasteiger partial charge on any atom is 0.111 e. The third kappa shape index (κ3) is 3.74. The SMILES string of the molecule is CC1(C)CC(c2nccn2CCCc2ccncc2)CCO1. The standard InChI is InChI=1S/C18H25N3O/c1-18(2)14-16(7-13-22-18)17-20-10-12-21(17)11-3-4-15-5-8-19-9-6-15/h5-6,8-10,12,16H,3-4,7,11,13-14H2,1-2H3. The molecule has 1 fully saturated rings. The van der Waals surface area contributed by atoms with Gasteiger partial charge in [-0.3, -0.25) is 4.98 Å². The summed E-state index contributed by atoms with van der Waals surface area (Å²) in [5.41, 5.74) is 1.32. The van der Waals surface area contributed by atoms with E-state index >= 15 is 0 Å². The molecule has 0 aromatic carbocycles. The van der Waals surface area contributed by atoms with E-state index in [1.807, 2.05) is 18.6 Å². The van der Waals surface area contributed by atoms with Gasteiger partial charge in [0, 0.05) is 43.9 Å². The van der Waals surface area contributed by atoms with E-state index in [1.165, 1.54) is 11.4 Å². The number of nitrogens with zero attached hydrogens (tertiary/aromatic N) is 3. The Labute approximate surface area is 132 Å². The zero-order chi connectivity index (χ0) is 15.4. The van der Waals surface area contributed by atoms with Crippen molar-refractivity contribution in [2.75, 3.05) is 6.61 Å². The maximum atomic E-state index is 5.83. The predicted molar refractivity (Wildman–Crippen MR) is 86.8 cm³/mol. The Kier molecular flexibility index (Phi) is 4.57. The first-order chi connectivity index (χ1) is 10.6. The van der Waals surface area contributed by atoms with Gasteiger partial charge in [0.1, 0.15) is 5.82 Å². The fourth-order valence-corrected chi connectivity index (χ4v) is 3.32. The second-order valence-electron chi connectivity index (χ2n) is 6.74. The molecule has 118 valence electrons. The molecule has 1 aliphatic heterocycles. The smallest absolute Gasteiger partial charge is 0.111 e. The molecule has 1 aliphatic rings. The Morgan fingerprint density at radius 1 is 1.27 bits per heavy atom. The van der Waals surface area contributed by atoms with Crippen LogP contribution in [0.3, 0.4) is 0 Å². The Morgan fingerprint density at radius 3 is 2.86 bits per heavy atom. The van der Waals surface area contributed by atoms with Crippen molar-refractivity contribution in [3.8, 4) is 0 Å². The molecule has 0 aliphatic carbocycles. The Bertz CT molecular complexity index is 591. The molecule has 3 rings (SSSR count). The topological polar surface area (TPSA) is 39.9 Å². The molecule has 0 bridgehead atoms. The molecule has 4 heteroatoms. The van der Waals surface area contributed by atoms with Gasteiger partial charge in [-0.15, -0.1) is 0 Å². The molecule has 1 saturated heterocycles. The predicted octanol–water partition coefficient (Wildman–Crippen LogP) is 3.58. The zero-order valence-electron chi connectivity index (χ0n) is 13.5. The molecule has 1 unspecified atom stereocenters. The summed E-state index contributed by atoms with van der Waals surface area (Å²) in [6.45, 7) is 6.21. The van der Waals surface area contributed by atoms with Gasteiger partial charge in [0.05, 0.1) is 5.60 Å². The Balaban J connectivity index is 1.60. The molecule has 22 heavy (non-hydrogen) atoms. The van der Waals surface area contributed by atoms with E-state index in [0.29, 0.717) is 5.92 Å². The van der Waals surface area contributed by atoms with E-state index in [2.05, 4.69) is 46.7 Å². The highest BCUT2D eigenvalue weighted by Crippen LogP contribution is 2.34. The molecule has 0 radical (unpaired) electrons. The minimum Gasteiger partial charge on any atom is -0.376 e. The number of ether oxygens (including phenoxy) is 1. The lowest BCUT2D eigenvalue weighted by Gasteiger charge is -2.35. The van der Waals surface area contributed by atoms with Gasteiger partial charge in [-0.2, -0.15) is 0 Å². The van der Waals surface area contributed by atoms with Gasteiger partial charge in [-0.1, -0.05) is 0 Å². The van der Waals surface area contributed by atoms with Gasteiger partial charge < -0.3 is 9.30 Å². The number of aromatic nitrogens is 3. The second-order valence-corrected chi connectivity index (χ2v) is 6.74. The zero-order valence-corrected chi connectivity index (χ0v) is 13.5. The van der Waals surface area contributed by atoms with Crippen LogP contribution < -0.4 is 0 Å². The third-order valence-electron chi connectivity index (χ3n) is 4.42. The lowest BCUT2D eigenvalue weighted by atomic mass is 9.88. The van der Waals surface area contributed by atoms with Crippen LogP contribution in [0.1, 0.15) is 50.4 Å². The Hall–Kier alpha value is -1.68. The molecule has 0 spiro atoms. The van der Waals surface area contributed by atoms with Crippen molar-refractivity contribution in [2.45, 2.75) is 57.6 Å². The largest absolute Gasteiger partial charge is 0.376 e. The molecule has 3 heterocycles. The van der Waals surface area contributed by atoms with Crippen molar-refractivity contribution < 1.29 is 4.74 Å². The van der Waals surface area contributed by atoms with Gasteiger partial charge in [0.2, 0.25) is 0 Å². The first-order valence-corrected chi connectivity index (χ1v) is 8.18. The number of pyridine rings is 1. The van der Waals surface area contributed by atoms with E-state index in [-0.39, 0.29) is 5.60 Å².